The van der Waals surface area contributed by atoms with Crippen molar-refractivity contribution < 1.29 is 8.78 Å². The smallest absolute Gasteiger partial charge is 0.108 e. The first-order valence-electron chi connectivity index (χ1n) is 5.00. The molecule has 0 saturated heterocycles. The first-order valence-corrected chi connectivity index (χ1v) is 5.00. The van der Waals surface area contributed by atoms with Crippen LogP contribution in [0, 0.1) is 5.92 Å². The molecule has 0 spiro atoms. The van der Waals surface area contributed by atoms with E-state index in [1.165, 1.54) is 13.8 Å². The minimum absolute atomic E-state index is 0.298. The normalized spacial score (nSPS) is 17.5. The zero-order valence-electron chi connectivity index (χ0n) is 9.45. The van der Waals surface area contributed by atoms with E-state index < -0.39 is 11.3 Å². The lowest BCUT2D eigenvalue weighted by Crippen LogP contribution is -2.24. The van der Waals surface area contributed by atoms with Crippen molar-refractivity contribution in [2.45, 2.75) is 65.2 Å². The molecule has 0 aromatic heterocycles. The maximum Gasteiger partial charge on any atom is 0.108 e. The average molecular weight is 192 g/mol. The maximum absolute atomic E-state index is 13.7. The van der Waals surface area contributed by atoms with Crippen LogP contribution < -0.4 is 0 Å². The number of hydrogen-bond donors (Lipinski definition) is 0. The molecule has 1 unspecified atom stereocenters. The lowest BCUT2D eigenvalue weighted by molar-refractivity contribution is 0.101. The lowest BCUT2D eigenvalue weighted by Gasteiger charge is -2.25. The van der Waals surface area contributed by atoms with Crippen LogP contribution in [0.25, 0.3) is 0 Å². The van der Waals surface area contributed by atoms with E-state index in [4.69, 9.17) is 0 Å². The van der Waals surface area contributed by atoms with Gasteiger partial charge in [-0.15, -0.1) is 0 Å². The van der Waals surface area contributed by atoms with Gasteiger partial charge in [0.1, 0.15) is 11.3 Å². The molecule has 0 radical (unpaired) electrons. The Morgan fingerprint density at radius 1 is 1.00 bits per heavy atom. The molecule has 0 aliphatic rings. The zero-order valence-corrected chi connectivity index (χ0v) is 9.45. The summed E-state index contributed by atoms with van der Waals surface area (Å²) in [6, 6.07) is 0. The van der Waals surface area contributed by atoms with Gasteiger partial charge in [-0.2, -0.15) is 0 Å². The fraction of sp³-hybridized carbons (Fsp3) is 1.00. The Balaban J connectivity index is 3.89. The van der Waals surface area contributed by atoms with E-state index in [9.17, 15) is 8.78 Å². The van der Waals surface area contributed by atoms with Gasteiger partial charge in [0.2, 0.25) is 0 Å². The van der Waals surface area contributed by atoms with E-state index in [2.05, 4.69) is 0 Å². The van der Waals surface area contributed by atoms with Gasteiger partial charge in [0.05, 0.1) is 0 Å². The van der Waals surface area contributed by atoms with Crippen LogP contribution in [-0.4, -0.2) is 11.3 Å². The van der Waals surface area contributed by atoms with E-state index in [-0.39, 0.29) is 0 Å². The standard InChI is InChI=1S/C11H22F2/c1-9(2)8-11(5,13)7-6-10(3,4)12/h9H,6-8H2,1-5H3. The van der Waals surface area contributed by atoms with Crippen LogP contribution in [-0.2, 0) is 0 Å². The van der Waals surface area contributed by atoms with E-state index in [1.54, 1.807) is 6.92 Å². The Labute approximate surface area is 80.7 Å². The van der Waals surface area contributed by atoms with Gasteiger partial charge < -0.3 is 0 Å². The van der Waals surface area contributed by atoms with Gasteiger partial charge >= 0.3 is 0 Å². The molecule has 0 bridgehead atoms. The summed E-state index contributed by atoms with van der Waals surface area (Å²) in [6.07, 6.45) is 1.13. The Kier molecular flexibility index (Phi) is 4.34. The predicted octanol–water partition coefficient (Wildman–Crippen LogP) is 4.29. The number of rotatable bonds is 5. The molecule has 0 nitrogen and oxygen atoms in total. The van der Waals surface area contributed by atoms with Crippen LogP contribution in [0.1, 0.15) is 53.9 Å². The third-order valence-corrected chi connectivity index (χ3v) is 2.07. The number of halogens is 2. The van der Waals surface area contributed by atoms with E-state index in [1.807, 2.05) is 13.8 Å². The van der Waals surface area contributed by atoms with Crippen LogP contribution in [0.15, 0.2) is 0 Å². The van der Waals surface area contributed by atoms with Crippen molar-refractivity contribution in [1.82, 2.24) is 0 Å². The van der Waals surface area contributed by atoms with Gasteiger partial charge in [-0.1, -0.05) is 13.8 Å². The second kappa shape index (κ2) is 4.39. The van der Waals surface area contributed by atoms with Crippen molar-refractivity contribution in [3.8, 4) is 0 Å². The highest BCUT2D eigenvalue weighted by Crippen LogP contribution is 2.29. The third-order valence-electron chi connectivity index (χ3n) is 2.07. The Hall–Kier alpha value is -0.140. The molecule has 1 atom stereocenters. The van der Waals surface area contributed by atoms with Crippen molar-refractivity contribution in [3.05, 3.63) is 0 Å². The first-order chi connectivity index (χ1) is 5.62. The van der Waals surface area contributed by atoms with Crippen LogP contribution in [0.4, 0.5) is 8.78 Å². The molecule has 0 aliphatic heterocycles. The molecule has 0 saturated carbocycles. The first kappa shape index (κ1) is 12.9. The van der Waals surface area contributed by atoms with Gasteiger partial charge in [0, 0.05) is 0 Å². The molecule has 13 heavy (non-hydrogen) atoms. The topological polar surface area (TPSA) is 0 Å². The summed E-state index contributed by atoms with van der Waals surface area (Å²) in [6.45, 7) is 8.53. The van der Waals surface area contributed by atoms with Crippen molar-refractivity contribution in [2.24, 2.45) is 5.92 Å². The second-order valence-corrected chi connectivity index (χ2v) is 5.23. The molecule has 0 amide bonds. The molecular formula is C11H22F2. The molecule has 0 heterocycles. The van der Waals surface area contributed by atoms with E-state index in [0.29, 0.717) is 25.2 Å². The summed E-state index contributed by atoms with van der Waals surface area (Å²) < 4.78 is 26.8. The van der Waals surface area contributed by atoms with Gasteiger partial charge in [0.25, 0.3) is 0 Å². The summed E-state index contributed by atoms with van der Waals surface area (Å²) >= 11 is 0. The van der Waals surface area contributed by atoms with Gasteiger partial charge in [0.15, 0.2) is 0 Å². The maximum atomic E-state index is 13.7. The minimum Gasteiger partial charge on any atom is -0.244 e. The molecule has 0 N–H and O–H groups in total. The summed E-state index contributed by atoms with van der Waals surface area (Å²) in [4.78, 5) is 0. The highest BCUT2D eigenvalue weighted by Gasteiger charge is 2.28. The molecule has 0 aliphatic carbocycles. The summed E-state index contributed by atoms with van der Waals surface area (Å²) in [5.74, 6) is 0.331. The molecule has 0 aromatic carbocycles. The lowest BCUT2D eigenvalue weighted by atomic mass is 9.88. The van der Waals surface area contributed by atoms with Gasteiger partial charge in [-0.05, 0) is 46.0 Å². The SMILES string of the molecule is CC(C)CC(C)(F)CCC(C)(C)F. The predicted molar refractivity (Wildman–Crippen MR) is 53.4 cm³/mol. The fourth-order valence-electron chi connectivity index (χ4n) is 1.51. The van der Waals surface area contributed by atoms with Crippen LogP contribution in [0.5, 0.6) is 0 Å². The summed E-state index contributed by atoms with van der Waals surface area (Å²) in [5, 5.41) is 0. The largest absolute Gasteiger partial charge is 0.244 e. The van der Waals surface area contributed by atoms with Crippen LogP contribution in [0.3, 0.4) is 0 Å². The monoisotopic (exact) mass is 192 g/mol. The number of alkyl halides is 2. The molecule has 0 aromatic rings. The van der Waals surface area contributed by atoms with Gasteiger partial charge in [-0.3, -0.25) is 0 Å². The molecule has 2 heteroatoms. The molecule has 0 rings (SSSR count). The van der Waals surface area contributed by atoms with Crippen LogP contribution in [0.2, 0.25) is 0 Å². The Morgan fingerprint density at radius 2 is 1.46 bits per heavy atom. The highest BCUT2D eigenvalue weighted by atomic mass is 19.1. The molecule has 80 valence electrons. The number of hydrogen-bond acceptors (Lipinski definition) is 0. The zero-order chi connectivity index (χ0) is 10.7. The fourth-order valence-corrected chi connectivity index (χ4v) is 1.51. The Bertz CT molecular complexity index is 143. The third kappa shape index (κ3) is 8.20. The summed E-state index contributed by atoms with van der Waals surface area (Å²) in [7, 11) is 0. The highest BCUT2D eigenvalue weighted by molar-refractivity contribution is 4.79. The molecular weight excluding hydrogens is 170 g/mol. The van der Waals surface area contributed by atoms with Crippen LogP contribution >= 0.6 is 0 Å². The minimum atomic E-state index is -1.25. The quantitative estimate of drug-likeness (QED) is 0.609. The van der Waals surface area contributed by atoms with Crippen molar-refractivity contribution in [2.75, 3.05) is 0 Å². The summed E-state index contributed by atoms with van der Waals surface area (Å²) in [5.41, 5.74) is -2.46. The van der Waals surface area contributed by atoms with Crippen molar-refractivity contribution in [1.29, 1.82) is 0 Å². The Morgan fingerprint density at radius 3 is 1.77 bits per heavy atom. The van der Waals surface area contributed by atoms with E-state index in [0.717, 1.165) is 0 Å². The van der Waals surface area contributed by atoms with Crippen molar-refractivity contribution in [3.63, 3.8) is 0 Å². The molecule has 0 fully saturated rings. The average Bonchev–Trinajstić information content (AvgIpc) is 1.79. The van der Waals surface area contributed by atoms with Crippen molar-refractivity contribution >= 4 is 0 Å². The van der Waals surface area contributed by atoms with E-state index >= 15 is 0 Å². The van der Waals surface area contributed by atoms with Gasteiger partial charge in [-0.25, -0.2) is 8.78 Å². The second-order valence-electron chi connectivity index (χ2n) is 5.23.